The number of halogens is 2. The second-order valence-corrected chi connectivity index (χ2v) is 15.7. The molecule has 2 unspecified atom stereocenters. The summed E-state index contributed by atoms with van der Waals surface area (Å²) in [7, 11) is -8.11. The van der Waals surface area contributed by atoms with E-state index in [1.807, 2.05) is 41.3 Å². The molecule has 0 radical (unpaired) electrons. The molecule has 0 fully saturated rings. The molecule has 0 spiro atoms. The molecule has 0 saturated carbocycles. The summed E-state index contributed by atoms with van der Waals surface area (Å²) in [5, 5.41) is 2.18. The summed E-state index contributed by atoms with van der Waals surface area (Å²) in [6, 6.07) is 11.4. The fourth-order valence-electron chi connectivity index (χ4n) is 4.73. The van der Waals surface area contributed by atoms with E-state index in [-0.39, 0.29) is 29.1 Å². The predicted molar refractivity (Wildman–Crippen MR) is 162 cm³/mol. The molecule has 0 amide bonds. The van der Waals surface area contributed by atoms with Crippen LogP contribution in [0.15, 0.2) is 68.9 Å². The molecule has 0 aromatic heterocycles. The lowest BCUT2D eigenvalue weighted by molar-refractivity contribution is 0.477. The molecule has 2 aliphatic rings. The third kappa shape index (κ3) is 8.42. The standard InChI is InChI=1S/C26H29Cl2NO6S4/c1-2-17(13-25-20(5-3-11-38(30,31)32)21-15-18(27)6-8-23(21)36-25)14-26-29(10-4-12-39(33,34)35)22-16-19(28)7-9-24(22)37-26/h6-9,13-16,20,25H,2-5,10-12H2,1H3,(H,30,31,32)(H,33,34,35)/b17-13-,26-14+. The van der Waals surface area contributed by atoms with Gasteiger partial charge in [-0.2, -0.15) is 16.8 Å². The lowest BCUT2D eigenvalue weighted by Crippen LogP contribution is -2.21. The Morgan fingerprint density at radius 1 is 0.974 bits per heavy atom. The number of allylic oxidation sites excluding steroid dienone is 2. The topological polar surface area (TPSA) is 112 Å². The van der Waals surface area contributed by atoms with Crippen LogP contribution >= 0.6 is 46.7 Å². The SMILES string of the molecule is CCC(=C/C1Sc2ccc(Cl)cc2C1CCCS(=O)(=O)O)/C=C1/Sc2ccc(Cl)cc2N1CCCS(=O)(=O)O. The highest BCUT2D eigenvalue weighted by molar-refractivity contribution is 8.03. The van der Waals surface area contributed by atoms with Gasteiger partial charge in [0.05, 0.1) is 22.2 Å². The molecule has 0 saturated heterocycles. The van der Waals surface area contributed by atoms with E-state index in [1.165, 1.54) is 0 Å². The van der Waals surface area contributed by atoms with Crippen LogP contribution in [0.1, 0.15) is 44.1 Å². The molecule has 13 heteroatoms. The van der Waals surface area contributed by atoms with Crippen molar-refractivity contribution < 1.29 is 25.9 Å². The molecule has 7 nitrogen and oxygen atoms in total. The number of fused-ring (bicyclic) bond motifs is 2. The van der Waals surface area contributed by atoms with Crippen LogP contribution in [-0.2, 0) is 20.2 Å². The van der Waals surface area contributed by atoms with Gasteiger partial charge in [-0.05, 0) is 79.3 Å². The summed E-state index contributed by atoms with van der Waals surface area (Å²) in [6.07, 6.45) is 6.20. The maximum Gasteiger partial charge on any atom is 0.264 e. The monoisotopic (exact) mass is 649 g/mol. The number of anilines is 1. The van der Waals surface area contributed by atoms with E-state index in [2.05, 4.69) is 19.1 Å². The van der Waals surface area contributed by atoms with Gasteiger partial charge in [-0.25, -0.2) is 0 Å². The first-order valence-electron chi connectivity index (χ1n) is 12.4. The predicted octanol–water partition coefficient (Wildman–Crippen LogP) is 7.29. The molecule has 0 bridgehead atoms. The highest BCUT2D eigenvalue weighted by Crippen LogP contribution is 2.50. The van der Waals surface area contributed by atoms with Crippen molar-refractivity contribution in [3.05, 3.63) is 74.8 Å². The summed E-state index contributed by atoms with van der Waals surface area (Å²) >= 11 is 15.8. The van der Waals surface area contributed by atoms with Gasteiger partial charge < -0.3 is 4.90 Å². The summed E-state index contributed by atoms with van der Waals surface area (Å²) in [5.74, 6) is -0.594. The van der Waals surface area contributed by atoms with Crippen molar-refractivity contribution in [2.75, 3.05) is 23.0 Å². The summed E-state index contributed by atoms with van der Waals surface area (Å²) < 4.78 is 63.7. The van der Waals surface area contributed by atoms with Gasteiger partial charge >= 0.3 is 0 Å². The van der Waals surface area contributed by atoms with Crippen LogP contribution in [0.5, 0.6) is 0 Å². The Morgan fingerprint density at radius 3 is 2.28 bits per heavy atom. The van der Waals surface area contributed by atoms with Crippen molar-refractivity contribution in [1.29, 1.82) is 0 Å². The van der Waals surface area contributed by atoms with Crippen LogP contribution in [0.3, 0.4) is 0 Å². The highest BCUT2D eigenvalue weighted by atomic mass is 35.5. The van der Waals surface area contributed by atoms with Crippen molar-refractivity contribution in [2.45, 2.75) is 53.6 Å². The minimum Gasteiger partial charge on any atom is -0.335 e. The Hall–Kier alpha value is -1.18. The van der Waals surface area contributed by atoms with Gasteiger partial charge in [-0.1, -0.05) is 48.0 Å². The van der Waals surface area contributed by atoms with E-state index in [4.69, 9.17) is 23.2 Å². The second-order valence-electron chi connectivity index (χ2n) is 9.38. The third-order valence-electron chi connectivity index (χ3n) is 6.52. The Balaban J connectivity index is 1.62. The third-order valence-corrected chi connectivity index (χ3v) is 11.1. The number of benzene rings is 2. The molecule has 2 aromatic carbocycles. The number of rotatable bonds is 11. The minimum atomic E-state index is -4.07. The normalized spacial score (nSPS) is 20.5. The van der Waals surface area contributed by atoms with Gasteiger partial charge in [-0.3, -0.25) is 9.11 Å². The largest absolute Gasteiger partial charge is 0.335 e. The molecule has 2 aromatic rings. The molecule has 2 N–H and O–H groups in total. The number of hydrogen-bond donors (Lipinski definition) is 2. The molecule has 0 aliphatic carbocycles. The van der Waals surface area contributed by atoms with Crippen LogP contribution in [0, 0.1) is 0 Å². The van der Waals surface area contributed by atoms with Crippen molar-refractivity contribution in [2.24, 2.45) is 0 Å². The Labute approximate surface area is 248 Å². The average Bonchev–Trinajstić information content (AvgIpc) is 3.34. The average molecular weight is 651 g/mol. The Bertz CT molecular complexity index is 1510. The van der Waals surface area contributed by atoms with Gasteiger partial charge in [0, 0.05) is 37.5 Å². The summed E-state index contributed by atoms with van der Waals surface area (Å²) in [4.78, 5) is 4.14. The van der Waals surface area contributed by atoms with E-state index in [9.17, 15) is 25.9 Å². The molecule has 2 aliphatic heterocycles. The van der Waals surface area contributed by atoms with Gasteiger partial charge in [0.2, 0.25) is 0 Å². The van der Waals surface area contributed by atoms with Gasteiger partial charge in [0.25, 0.3) is 20.2 Å². The van der Waals surface area contributed by atoms with Crippen LogP contribution in [0.4, 0.5) is 5.69 Å². The Morgan fingerprint density at radius 2 is 1.62 bits per heavy atom. The first-order valence-corrected chi connectivity index (χ1v) is 18.0. The van der Waals surface area contributed by atoms with Gasteiger partial charge in [0.15, 0.2) is 0 Å². The second kappa shape index (κ2) is 12.8. The molecule has 4 rings (SSSR count). The van der Waals surface area contributed by atoms with Crippen LogP contribution in [-0.4, -0.2) is 49.2 Å². The molecule has 212 valence electrons. The van der Waals surface area contributed by atoms with Crippen molar-refractivity contribution in [3.63, 3.8) is 0 Å². The fraction of sp³-hybridized carbons (Fsp3) is 0.385. The van der Waals surface area contributed by atoms with E-state index in [0.717, 1.165) is 38.1 Å². The maximum atomic E-state index is 11.3. The fourth-order valence-corrected chi connectivity index (χ4v) is 8.73. The molecular weight excluding hydrogens is 621 g/mol. The van der Waals surface area contributed by atoms with Crippen molar-refractivity contribution in [3.8, 4) is 0 Å². The molecule has 2 atom stereocenters. The summed E-state index contributed by atoms with van der Waals surface area (Å²) in [5.41, 5.74) is 3.05. The minimum absolute atomic E-state index is 0.0310. The number of thioether (sulfide) groups is 2. The van der Waals surface area contributed by atoms with E-state index < -0.39 is 20.2 Å². The molecular formula is C26H29Cl2NO6S4. The summed E-state index contributed by atoms with van der Waals surface area (Å²) in [6.45, 7) is 2.45. The zero-order chi connectivity index (χ0) is 28.4. The lowest BCUT2D eigenvalue weighted by Gasteiger charge is -2.21. The van der Waals surface area contributed by atoms with E-state index >= 15 is 0 Å². The van der Waals surface area contributed by atoms with E-state index in [0.29, 0.717) is 29.4 Å². The maximum absolute atomic E-state index is 11.3. The van der Waals surface area contributed by atoms with Gasteiger partial charge in [0.1, 0.15) is 0 Å². The van der Waals surface area contributed by atoms with Crippen molar-refractivity contribution in [1.82, 2.24) is 0 Å². The lowest BCUT2D eigenvalue weighted by atomic mass is 9.90. The Kier molecular flexibility index (Phi) is 10.1. The van der Waals surface area contributed by atoms with E-state index in [1.54, 1.807) is 23.5 Å². The first-order chi connectivity index (χ1) is 18.3. The van der Waals surface area contributed by atoms with Crippen LogP contribution in [0.25, 0.3) is 0 Å². The van der Waals surface area contributed by atoms with Gasteiger partial charge in [-0.15, -0.1) is 11.8 Å². The van der Waals surface area contributed by atoms with Crippen LogP contribution < -0.4 is 4.90 Å². The number of hydrogen-bond acceptors (Lipinski definition) is 7. The van der Waals surface area contributed by atoms with Crippen molar-refractivity contribution >= 4 is 72.6 Å². The molecule has 39 heavy (non-hydrogen) atoms. The zero-order valence-electron chi connectivity index (χ0n) is 21.1. The highest BCUT2D eigenvalue weighted by Gasteiger charge is 2.33. The molecule has 2 heterocycles. The quantitative estimate of drug-likeness (QED) is 0.242. The first kappa shape index (κ1) is 30.8. The zero-order valence-corrected chi connectivity index (χ0v) is 25.9. The van der Waals surface area contributed by atoms with Crippen LogP contribution in [0.2, 0.25) is 10.0 Å². The number of nitrogens with zero attached hydrogens (tertiary/aromatic N) is 1. The smallest absolute Gasteiger partial charge is 0.264 e.